The summed E-state index contributed by atoms with van der Waals surface area (Å²) in [5.41, 5.74) is 7.95. The fraction of sp³-hybridized carbons (Fsp3) is 0.0667. The van der Waals surface area contributed by atoms with Gasteiger partial charge >= 0.3 is 0 Å². The van der Waals surface area contributed by atoms with E-state index in [2.05, 4.69) is 20.2 Å². The number of rotatable bonds is 3. The summed E-state index contributed by atoms with van der Waals surface area (Å²) < 4.78 is 5.01. The third-order valence-electron chi connectivity index (χ3n) is 3.13. The van der Waals surface area contributed by atoms with Crippen LogP contribution in [0.3, 0.4) is 0 Å². The van der Waals surface area contributed by atoms with Crippen molar-refractivity contribution in [2.24, 2.45) is 0 Å². The van der Waals surface area contributed by atoms with E-state index in [0.29, 0.717) is 38.4 Å². The Hall–Kier alpha value is -2.44. The van der Waals surface area contributed by atoms with E-state index >= 15 is 0 Å². The largest absolute Gasteiger partial charge is 0.480 e. The van der Waals surface area contributed by atoms with Crippen LogP contribution in [0.25, 0.3) is 22.5 Å². The van der Waals surface area contributed by atoms with Crippen molar-refractivity contribution in [2.45, 2.75) is 0 Å². The van der Waals surface area contributed by atoms with Crippen molar-refractivity contribution in [2.75, 3.05) is 12.8 Å². The first-order valence-electron chi connectivity index (χ1n) is 6.55. The first-order valence-corrected chi connectivity index (χ1v) is 7.30. The van der Waals surface area contributed by atoms with Crippen molar-refractivity contribution in [3.63, 3.8) is 0 Å². The second-order valence-corrected chi connectivity index (χ2v) is 5.36. The predicted molar refractivity (Wildman–Crippen MR) is 89.5 cm³/mol. The number of nitrogen functional groups attached to an aromatic ring is 1. The lowest BCUT2D eigenvalue weighted by Crippen LogP contribution is -2.01. The Balaban J connectivity index is 2.22. The van der Waals surface area contributed by atoms with E-state index in [0.717, 1.165) is 0 Å². The van der Waals surface area contributed by atoms with Crippen molar-refractivity contribution in [1.29, 1.82) is 0 Å². The summed E-state index contributed by atoms with van der Waals surface area (Å²) in [6, 6.07) is 8.65. The predicted octanol–water partition coefficient (Wildman–Crippen LogP) is 3.50. The van der Waals surface area contributed by atoms with Gasteiger partial charge in [0.25, 0.3) is 0 Å². The molecule has 0 saturated carbocycles. The molecule has 0 spiro atoms. The molecule has 0 atom stereocenters. The van der Waals surface area contributed by atoms with E-state index < -0.39 is 0 Å². The van der Waals surface area contributed by atoms with E-state index in [4.69, 9.17) is 33.7 Å². The minimum absolute atomic E-state index is 0.112. The summed E-state index contributed by atoms with van der Waals surface area (Å²) >= 11 is 12.6. The molecule has 0 aliphatic carbocycles. The summed E-state index contributed by atoms with van der Waals surface area (Å²) in [7, 11) is 1.52. The lowest BCUT2D eigenvalue weighted by Gasteiger charge is -2.11. The van der Waals surface area contributed by atoms with Crippen molar-refractivity contribution in [3.8, 4) is 28.4 Å². The average Bonchev–Trinajstić information content (AvgIpc) is 2.55. The Morgan fingerprint density at radius 2 is 1.78 bits per heavy atom. The Morgan fingerprint density at radius 3 is 2.39 bits per heavy atom. The number of ether oxygens (including phenoxy) is 1. The van der Waals surface area contributed by atoms with Gasteiger partial charge in [0.1, 0.15) is 0 Å². The molecule has 0 saturated heterocycles. The highest BCUT2D eigenvalue weighted by Gasteiger charge is 2.17. The molecule has 0 unspecified atom stereocenters. The van der Waals surface area contributed by atoms with E-state index in [9.17, 15) is 0 Å². The second-order valence-electron chi connectivity index (χ2n) is 4.55. The summed E-state index contributed by atoms with van der Waals surface area (Å²) in [5, 5.41) is 8.98. The standard InChI is InChI=1S/C15H11Cl2N5O/c1-23-12-6-5-11(21-22-12)8-7-19-15(18)20-14(8)13-9(16)3-2-4-10(13)17/h2-7H,1H3,(H2,18,19,20). The molecule has 0 amide bonds. The lowest BCUT2D eigenvalue weighted by molar-refractivity contribution is 0.392. The molecule has 0 fully saturated rings. The first kappa shape index (κ1) is 15.5. The molecule has 0 radical (unpaired) electrons. The topological polar surface area (TPSA) is 86.8 Å². The van der Waals surface area contributed by atoms with Crippen molar-refractivity contribution >= 4 is 29.2 Å². The number of methoxy groups -OCH3 is 1. The fourth-order valence-electron chi connectivity index (χ4n) is 2.07. The Morgan fingerprint density at radius 1 is 1.04 bits per heavy atom. The lowest BCUT2D eigenvalue weighted by atomic mass is 10.0. The van der Waals surface area contributed by atoms with E-state index in [1.165, 1.54) is 7.11 Å². The molecule has 2 heterocycles. The molecule has 1 aromatic carbocycles. The van der Waals surface area contributed by atoms with Gasteiger partial charge in [-0.2, -0.15) is 0 Å². The zero-order valence-corrected chi connectivity index (χ0v) is 13.5. The van der Waals surface area contributed by atoms with Crippen LogP contribution in [0, 0.1) is 0 Å². The van der Waals surface area contributed by atoms with Crippen LogP contribution >= 0.6 is 23.2 Å². The number of nitrogens with two attached hydrogens (primary N) is 1. The number of aromatic nitrogens is 4. The summed E-state index contributed by atoms with van der Waals surface area (Å²) in [4.78, 5) is 8.31. The van der Waals surface area contributed by atoms with E-state index in [1.807, 2.05) is 0 Å². The monoisotopic (exact) mass is 347 g/mol. The normalized spacial score (nSPS) is 10.6. The zero-order valence-electron chi connectivity index (χ0n) is 12.0. The second kappa shape index (κ2) is 6.36. The zero-order chi connectivity index (χ0) is 16.4. The molecule has 3 aromatic rings. The minimum Gasteiger partial charge on any atom is -0.480 e. The van der Waals surface area contributed by atoms with Crippen LogP contribution in [0.5, 0.6) is 5.88 Å². The summed E-state index contributed by atoms with van der Waals surface area (Å²) in [5.74, 6) is 0.517. The number of halogens is 2. The number of hydrogen-bond acceptors (Lipinski definition) is 6. The quantitative estimate of drug-likeness (QED) is 0.780. The molecule has 2 N–H and O–H groups in total. The highest BCUT2D eigenvalue weighted by molar-refractivity contribution is 6.39. The van der Waals surface area contributed by atoms with Gasteiger partial charge in [-0.1, -0.05) is 29.3 Å². The van der Waals surface area contributed by atoms with Crippen molar-refractivity contribution in [1.82, 2.24) is 20.2 Å². The molecular formula is C15H11Cl2N5O. The molecule has 23 heavy (non-hydrogen) atoms. The molecule has 2 aromatic heterocycles. The van der Waals surface area contributed by atoms with Gasteiger partial charge in [-0.05, 0) is 18.2 Å². The maximum atomic E-state index is 6.28. The molecular weight excluding hydrogens is 337 g/mol. The Labute approximate surface area is 142 Å². The van der Waals surface area contributed by atoms with E-state index in [1.54, 1.807) is 36.5 Å². The summed E-state index contributed by atoms with van der Waals surface area (Å²) in [6.45, 7) is 0. The Bertz CT molecular complexity index is 835. The molecule has 0 aliphatic rings. The molecule has 6 nitrogen and oxygen atoms in total. The van der Waals surface area contributed by atoms with Crippen LogP contribution in [-0.2, 0) is 0 Å². The highest BCUT2D eigenvalue weighted by Crippen LogP contribution is 2.38. The molecule has 3 rings (SSSR count). The number of nitrogens with zero attached hydrogens (tertiary/aromatic N) is 4. The fourth-order valence-corrected chi connectivity index (χ4v) is 2.65. The van der Waals surface area contributed by atoms with Crippen LogP contribution in [0.1, 0.15) is 0 Å². The third-order valence-corrected chi connectivity index (χ3v) is 3.76. The third kappa shape index (κ3) is 3.04. The highest BCUT2D eigenvalue weighted by atomic mass is 35.5. The molecule has 0 bridgehead atoms. The number of anilines is 1. The van der Waals surface area contributed by atoms with Gasteiger partial charge in [0, 0.05) is 23.4 Å². The Kier molecular flexibility index (Phi) is 4.27. The van der Waals surface area contributed by atoms with Gasteiger partial charge in [0.2, 0.25) is 11.8 Å². The summed E-state index contributed by atoms with van der Waals surface area (Å²) in [6.07, 6.45) is 1.56. The van der Waals surface area contributed by atoms with Crippen LogP contribution in [0.15, 0.2) is 36.5 Å². The maximum absolute atomic E-state index is 6.28. The van der Waals surface area contributed by atoms with Crippen LogP contribution in [0.2, 0.25) is 10.0 Å². The first-order chi connectivity index (χ1) is 11.1. The van der Waals surface area contributed by atoms with Crippen LogP contribution in [-0.4, -0.2) is 27.3 Å². The van der Waals surface area contributed by atoms with Gasteiger partial charge in [0.15, 0.2) is 0 Å². The van der Waals surface area contributed by atoms with E-state index in [-0.39, 0.29) is 5.95 Å². The molecule has 8 heteroatoms. The van der Waals surface area contributed by atoms with Crippen LogP contribution < -0.4 is 10.5 Å². The minimum atomic E-state index is 0.112. The SMILES string of the molecule is COc1ccc(-c2cnc(N)nc2-c2c(Cl)cccc2Cl)nn1. The molecule has 0 aliphatic heterocycles. The van der Waals surface area contributed by atoms with Crippen LogP contribution in [0.4, 0.5) is 5.95 Å². The van der Waals surface area contributed by atoms with Crippen molar-refractivity contribution < 1.29 is 4.74 Å². The maximum Gasteiger partial charge on any atom is 0.233 e. The van der Waals surface area contributed by atoms with Gasteiger partial charge in [-0.15, -0.1) is 10.2 Å². The number of benzene rings is 1. The van der Waals surface area contributed by atoms with Gasteiger partial charge < -0.3 is 10.5 Å². The van der Waals surface area contributed by atoms with Gasteiger partial charge in [-0.25, -0.2) is 9.97 Å². The molecule has 116 valence electrons. The van der Waals surface area contributed by atoms with Crippen molar-refractivity contribution in [3.05, 3.63) is 46.6 Å². The number of hydrogen-bond donors (Lipinski definition) is 1. The average molecular weight is 348 g/mol. The smallest absolute Gasteiger partial charge is 0.233 e. The van der Waals surface area contributed by atoms with Gasteiger partial charge in [0.05, 0.1) is 28.5 Å². The van der Waals surface area contributed by atoms with Gasteiger partial charge in [-0.3, -0.25) is 0 Å².